The molecule has 0 radical (unpaired) electrons. The third-order valence-corrected chi connectivity index (χ3v) is 3.04. The minimum absolute atomic E-state index is 0.109. The summed E-state index contributed by atoms with van der Waals surface area (Å²) in [5, 5.41) is 0. The molecule has 1 heterocycles. The molecule has 1 aromatic rings. The minimum atomic E-state index is 0.109. The van der Waals surface area contributed by atoms with Gasteiger partial charge in [-0.1, -0.05) is 12.1 Å². The zero-order chi connectivity index (χ0) is 11.5. The van der Waals surface area contributed by atoms with Crippen LogP contribution in [0.4, 0.5) is 0 Å². The summed E-state index contributed by atoms with van der Waals surface area (Å²) in [7, 11) is 0.494. The molecule has 0 bridgehead atoms. The van der Waals surface area contributed by atoms with E-state index in [0.717, 1.165) is 31.3 Å². The fraction of sp³-hybridized carbons (Fsp3) is 0.333. The predicted molar refractivity (Wildman–Crippen MR) is 64.5 cm³/mol. The van der Waals surface area contributed by atoms with E-state index in [9.17, 15) is 9.59 Å². The average Bonchev–Trinajstić information content (AvgIpc) is 2.28. The van der Waals surface area contributed by atoms with Gasteiger partial charge in [-0.3, -0.25) is 4.79 Å². The first-order valence-electron chi connectivity index (χ1n) is 5.49. The molecule has 0 N–H and O–H groups in total. The molecule has 1 aliphatic rings. The summed E-state index contributed by atoms with van der Waals surface area (Å²) in [5.41, 5.74) is 3.26. The van der Waals surface area contributed by atoms with Crippen molar-refractivity contribution in [3.63, 3.8) is 0 Å². The number of carbonyl (C=O) groups is 2. The van der Waals surface area contributed by atoms with Crippen molar-refractivity contribution in [3.8, 4) is 0 Å². The highest BCUT2D eigenvalue weighted by atomic mass is 16.1. The molecule has 1 aliphatic heterocycles. The van der Waals surface area contributed by atoms with Crippen LogP contribution < -0.4 is 0 Å². The van der Waals surface area contributed by atoms with Gasteiger partial charge in [0.25, 0.3) is 7.41 Å². The van der Waals surface area contributed by atoms with Gasteiger partial charge in [0.2, 0.25) is 0 Å². The summed E-state index contributed by atoms with van der Waals surface area (Å²) >= 11 is 0. The van der Waals surface area contributed by atoms with Gasteiger partial charge in [-0.15, -0.1) is 0 Å². The molecule has 0 amide bonds. The van der Waals surface area contributed by atoms with E-state index in [1.807, 2.05) is 18.2 Å². The second kappa shape index (κ2) is 4.62. The van der Waals surface area contributed by atoms with Gasteiger partial charge >= 0.3 is 0 Å². The fourth-order valence-electron chi connectivity index (χ4n) is 2.09. The van der Waals surface area contributed by atoms with Gasteiger partial charge in [0.1, 0.15) is 0 Å². The van der Waals surface area contributed by atoms with Gasteiger partial charge in [0, 0.05) is 12.1 Å². The van der Waals surface area contributed by atoms with Crippen molar-refractivity contribution in [1.29, 1.82) is 0 Å². The standard InChI is InChI=1S/C12H14BNO2/c1-9(16)10-2-3-12-7-14(13-8-15)5-4-11(12)6-10/h2-3,6,8,13H,4-5,7H2,1H3. The van der Waals surface area contributed by atoms with Crippen LogP contribution >= 0.6 is 0 Å². The van der Waals surface area contributed by atoms with Gasteiger partial charge in [-0.2, -0.15) is 0 Å². The molecule has 0 aromatic heterocycles. The van der Waals surface area contributed by atoms with Crippen molar-refractivity contribution in [2.24, 2.45) is 0 Å². The Morgan fingerprint density at radius 3 is 2.94 bits per heavy atom. The smallest absolute Gasteiger partial charge is 0.281 e. The van der Waals surface area contributed by atoms with Gasteiger partial charge in [0.15, 0.2) is 5.78 Å². The average molecular weight is 215 g/mol. The summed E-state index contributed by atoms with van der Waals surface area (Å²) in [4.78, 5) is 23.8. The number of carbonyl (C=O) groups excluding carboxylic acids is 2. The summed E-state index contributed by atoms with van der Waals surface area (Å²) in [5.74, 6) is 0.109. The number of hydrogen-bond acceptors (Lipinski definition) is 3. The second-order valence-electron chi connectivity index (χ2n) is 4.19. The fourth-order valence-corrected chi connectivity index (χ4v) is 2.09. The van der Waals surface area contributed by atoms with E-state index in [1.54, 1.807) is 6.92 Å². The van der Waals surface area contributed by atoms with E-state index in [2.05, 4.69) is 4.81 Å². The molecule has 0 aliphatic carbocycles. The first-order valence-corrected chi connectivity index (χ1v) is 5.49. The molecule has 0 unspecified atom stereocenters. The van der Waals surface area contributed by atoms with Crippen molar-refractivity contribution < 1.29 is 9.59 Å². The molecule has 3 nitrogen and oxygen atoms in total. The summed E-state index contributed by atoms with van der Waals surface area (Å²) in [6.45, 7) is 3.29. The Labute approximate surface area is 95.7 Å². The topological polar surface area (TPSA) is 37.4 Å². The van der Waals surface area contributed by atoms with Crippen molar-refractivity contribution in [2.75, 3.05) is 6.54 Å². The maximum atomic E-state index is 11.2. The molecule has 0 saturated carbocycles. The molecule has 0 spiro atoms. The largest absolute Gasteiger partial charge is 0.335 e. The van der Waals surface area contributed by atoms with Gasteiger partial charge in [0.05, 0.1) is 6.19 Å². The van der Waals surface area contributed by atoms with Crippen molar-refractivity contribution in [2.45, 2.75) is 19.9 Å². The van der Waals surface area contributed by atoms with E-state index in [4.69, 9.17) is 0 Å². The van der Waals surface area contributed by atoms with Gasteiger partial charge in [-0.25, -0.2) is 0 Å². The zero-order valence-electron chi connectivity index (χ0n) is 9.40. The molecule has 2 rings (SSSR count). The lowest BCUT2D eigenvalue weighted by Crippen LogP contribution is -2.34. The van der Waals surface area contributed by atoms with Crippen molar-refractivity contribution in [1.82, 2.24) is 4.81 Å². The van der Waals surface area contributed by atoms with Crippen LogP contribution in [0.2, 0.25) is 0 Å². The lowest BCUT2D eigenvalue weighted by molar-refractivity contribution is 0.101. The summed E-state index contributed by atoms with van der Waals surface area (Å²) < 4.78 is 0. The number of benzene rings is 1. The van der Waals surface area contributed by atoms with Crippen LogP contribution in [-0.2, 0) is 17.8 Å². The van der Waals surface area contributed by atoms with E-state index < -0.39 is 0 Å². The Kier molecular flexibility index (Phi) is 3.20. The number of rotatable bonds is 3. The number of Topliss-reactive ketones (excluding diaryl/α,β-unsaturated/α-hetero) is 1. The Morgan fingerprint density at radius 1 is 1.44 bits per heavy atom. The van der Waals surface area contributed by atoms with Crippen molar-refractivity contribution in [3.05, 3.63) is 34.9 Å². The van der Waals surface area contributed by atoms with Crippen LogP contribution in [0.5, 0.6) is 0 Å². The van der Waals surface area contributed by atoms with Crippen LogP contribution in [0.3, 0.4) is 0 Å². The first-order chi connectivity index (χ1) is 7.70. The van der Waals surface area contributed by atoms with E-state index >= 15 is 0 Å². The quantitative estimate of drug-likeness (QED) is 0.425. The minimum Gasteiger partial charge on any atom is -0.335 e. The Balaban J connectivity index is 2.22. The summed E-state index contributed by atoms with van der Waals surface area (Å²) in [6, 6.07) is 5.85. The number of fused-ring (bicyclic) bond motifs is 1. The lowest BCUT2D eigenvalue weighted by Gasteiger charge is -2.27. The Morgan fingerprint density at radius 2 is 2.25 bits per heavy atom. The van der Waals surface area contributed by atoms with E-state index in [1.165, 1.54) is 11.1 Å². The van der Waals surface area contributed by atoms with E-state index in [0.29, 0.717) is 7.41 Å². The van der Waals surface area contributed by atoms with Crippen molar-refractivity contribution >= 4 is 19.4 Å². The Bertz CT molecular complexity index is 431. The normalized spacial score (nSPS) is 15.3. The molecule has 0 atom stereocenters. The molecule has 82 valence electrons. The first kappa shape index (κ1) is 11.1. The third-order valence-electron chi connectivity index (χ3n) is 3.04. The molecule has 1 aromatic carbocycles. The van der Waals surface area contributed by atoms with E-state index in [-0.39, 0.29) is 5.78 Å². The molecule has 0 fully saturated rings. The number of ketones is 1. The molecular formula is C12H14BNO2. The molecule has 16 heavy (non-hydrogen) atoms. The molecule has 0 saturated heterocycles. The second-order valence-corrected chi connectivity index (χ2v) is 4.19. The van der Waals surface area contributed by atoms with Crippen LogP contribution in [0.25, 0.3) is 0 Å². The highest BCUT2D eigenvalue weighted by Gasteiger charge is 2.16. The van der Waals surface area contributed by atoms with Crippen LogP contribution in [0, 0.1) is 0 Å². The van der Waals surface area contributed by atoms with Gasteiger partial charge < -0.3 is 9.61 Å². The Hall–Kier alpha value is -1.42. The lowest BCUT2D eigenvalue weighted by atomic mass is 9.87. The highest BCUT2D eigenvalue weighted by molar-refractivity contribution is 6.64. The molecular weight excluding hydrogens is 201 g/mol. The summed E-state index contributed by atoms with van der Waals surface area (Å²) in [6.07, 6.45) is 1.86. The third kappa shape index (κ3) is 2.22. The van der Waals surface area contributed by atoms with Crippen LogP contribution in [-0.4, -0.2) is 30.7 Å². The van der Waals surface area contributed by atoms with Crippen LogP contribution in [0.15, 0.2) is 18.2 Å². The highest BCUT2D eigenvalue weighted by Crippen LogP contribution is 2.19. The monoisotopic (exact) mass is 215 g/mol. The maximum absolute atomic E-state index is 11.2. The zero-order valence-corrected chi connectivity index (χ0v) is 9.40. The predicted octanol–water partition coefficient (Wildman–Crippen LogP) is 0.789. The maximum Gasteiger partial charge on any atom is 0.281 e. The SMILES string of the molecule is CC(=O)c1ccc2c(c1)CCN(BC=O)C2. The molecule has 4 heteroatoms. The number of nitrogens with zero attached hydrogens (tertiary/aromatic N) is 1. The van der Waals surface area contributed by atoms with Gasteiger partial charge in [-0.05, 0) is 37.1 Å². The van der Waals surface area contributed by atoms with Crippen LogP contribution in [0.1, 0.15) is 28.4 Å². The number of hydrogen-bond donors (Lipinski definition) is 0.